The molecule has 0 aliphatic heterocycles. The second kappa shape index (κ2) is 3.26. The highest BCUT2D eigenvalue weighted by Gasteiger charge is 2.48. The zero-order valence-corrected chi connectivity index (χ0v) is 8.19. The lowest BCUT2D eigenvalue weighted by atomic mass is 10.0. The normalized spacial score (nSPS) is 35.9. The Kier molecular flexibility index (Phi) is 2.21. The van der Waals surface area contributed by atoms with Gasteiger partial charge < -0.3 is 10.4 Å². The van der Waals surface area contributed by atoms with Gasteiger partial charge in [-0.05, 0) is 38.0 Å². The fourth-order valence-electron chi connectivity index (χ4n) is 2.32. The van der Waals surface area contributed by atoms with E-state index < -0.39 is 12.0 Å². The lowest BCUT2D eigenvalue weighted by Gasteiger charge is -2.14. The zero-order valence-electron chi connectivity index (χ0n) is 8.19. The number of aliphatic carboxylic acids is 1. The van der Waals surface area contributed by atoms with Gasteiger partial charge in [0.2, 0.25) is 5.91 Å². The first-order valence-electron chi connectivity index (χ1n) is 5.11. The molecule has 0 aromatic carbocycles. The number of carboxylic acids is 1. The van der Waals surface area contributed by atoms with Crippen molar-refractivity contribution in [3.63, 3.8) is 0 Å². The molecule has 2 saturated carbocycles. The largest absolute Gasteiger partial charge is 0.480 e. The first kappa shape index (κ1) is 9.49. The summed E-state index contributed by atoms with van der Waals surface area (Å²) in [7, 11) is 0. The summed E-state index contributed by atoms with van der Waals surface area (Å²) in [6.45, 7) is 1.50. The van der Waals surface area contributed by atoms with Gasteiger partial charge in [0, 0.05) is 5.92 Å². The molecule has 2 aliphatic carbocycles. The molecule has 1 amide bonds. The van der Waals surface area contributed by atoms with Crippen LogP contribution in [-0.4, -0.2) is 23.0 Å². The predicted octanol–water partition coefficient (Wildman–Crippen LogP) is 0.622. The van der Waals surface area contributed by atoms with Crippen molar-refractivity contribution in [1.82, 2.24) is 5.32 Å². The predicted molar refractivity (Wildman–Crippen MR) is 49.6 cm³/mol. The quantitative estimate of drug-likeness (QED) is 0.697. The van der Waals surface area contributed by atoms with E-state index in [1.165, 1.54) is 13.3 Å². The summed E-state index contributed by atoms with van der Waals surface area (Å²) in [6, 6.07) is -0.764. The Morgan fingerprint density at radius 3 is 2.36 bits per heavy atom. The molecule has 14 heavy (non-hydrogen) atoms. The highest BCUT2D eigenvalue weighted by Crippen LogP contribution is 2.54. The highest BCUT2D eigenvalue weighted by atomic mass is 16.4. The second-order valence-corrected chi connectivity index (χ2v) is 4.49. The molecule has 78 valence electrons. The van der Waals surface area contributed by atoms with Gasteiger partial charge in [0.05, 0.1) is 0 Å². The van der Waals surface area contributed by atoms with E-state index in [4.69, 9.17) is 5.11 Å². The first-order valence-corrected chi connectivity index (χ1v) is 5.11. The zero-order chi connectivity index (χ0) is 10.3. The molecule has 2 aliphatic rings. The third-order valence-corrected chi connectivity index (χ3v) is 3.34. The maximum Gasteiger partial charge on any atom is 0.325 e. The Labute approximate surface area is 82.7 Å². The van der Waals surface area contributed by atoms with Crippen LogP contribution in [-0.2, 0) is 9.59 Å². The van der Waals surface area contributed by atoms with Gasteiger partial charge in [-0.3, -0.25) is 9.59 Å². The van der Waals surface area contributed by atoms with E-state index in [9.17, 15) is 9.59 Å². The van der Waals surface area contributed by atoms with Gasteiger partial charge in [-0.25, -0.2) is 0 Å². The average molecular weight is 197 g/mol. The molecule has 4 nitrogen and oxygen atoms in total. The van der Waals surface area contributed by atoms with E-state index in [2.05, 4.69) is 5.32 Å². The molecule has 4 heteroatoms. The Balaban J connectivity index is 1.81. The van der Waals surface area contributed by atoms with Crippen LogP contribution in [0.4, 0.5) is 0 Å². The number of carboxylic acid groups (broad SMARTS) is 1. The van der Waals surface area contributed by atoms with E-state index in [-0.39, 0.29) is 11.8 Å². The summed E-state index contributed by atoms with van der Waals surface area (Å²) in [6.07, 6.45) is 3.20. The van der Waals surface area contributed by atoms with Crippen LogP contribution >= 0.6 is 0 Å². The van der Waals surface area contributed by atoms with Crippen molar-refractivity contribution in [1.29, 1.82) is 0 Å². The molecule has 0 radical (unpaired) electrons. The smallest absolute Gasteiger partial charge is 0.325 e. The van der Waals surface area contributed by atoms with Gasteiger partial charge in [-0.2, -0.15) is 0 Å². The summed E-state index contributed by atoms with van der Waals surface area (Å²) in [4.78, 5) is 22.1. The van der Waals surface area contributed by atoms with Gasteiger partial charge >= 0.3 is 5.97 Å². The number of fused-ring (bicyclic) bond motifs is 1. The maximum atomic E-state index is 11.6. The number of hydrogen-bond acceptors (Lipinski definition) is 2. The fourth-order valence-corrected chi connectivity index (χ4v) is 2.32. The van der Waals surface area contributed by atoms with E-state index >= 15 is 0 Å². The lowest BCUT2D eigenvalue weighted by Crippen LogP contribution is -2.41. The van der Waals surface area contributed by atoms with Crippen molar-refractivity contribution in [3.05, 3.63) is 0 Å². The minimum Gasteiger partial charge on any atom is -0.480 e. The summed E-state index contributed by atoms with van der Waals surface area (Å²) in [5, 5.41) is 11.1. The third-order valence-electron chi connectivity index (χ3n) is 3.34. The summed E-state index contributed by atoms with van der Waals surface area (Å²) in [5.74, 6) is 0.533. The van der Waals surface area contributed by atoms with Crippen molar-refractivity contribution in [3.8, 4) is 0 Å². The molecular formula is C10H15NO3. The van der Waals surface area contributed by atoms with Crippen LogP contribution in [0.15, 0.2) is 0 Å². The summed E-state index contributed by atoms with van der Waals surface area (Å²) < 4.78 is 0. The Hall–Kier alpha value is -1.06. The minimum atomic E-state index is -0.971. The van der Waals surface area contributed by atoms with Crippen molar-refractivity contribution in [2.45, 2.75) is 32.2 Å². The Morgan fingerprint density at radius 1 is 1.29 bits per heavy atom. The summed E-state index contributed by atoms with van der Waals surface area (Å²) in [5.41, 5.74) is 0. The molecule has 0 aromatic rings. The van der Waals surface area contributed by atoms with E-state index in [1.54, 1.807) is 0 Å². The van der Waals surface area contributed by atoms with Crippen LogP contribution in [0.1, 0.15) is 26.2 Å². The molecule has 2 fully saturated rings. The Morgan fingerprint density at radius 2 is 1.86 bits per heavy atom. The third kappa shape index (κ3) is 1.74. The van der Waals surface area contributed by atoms with Crippen LogP contribution in [0.5, 0.6) is 0 Å². The van der Waals surface area contributed by atoms with Crippen molar-refractivity contribution < 1.29 is 14.7 Å². The molecule has 0 bridgehead atoms. The van der Waals surface area contributed by atoms with Gasteiger partial charge in [-0.15, -0.1) is 0 Å². The number of carbonyl (C=O) groups is 2. The van der Waals surface area contributed by atoms with Crippen molar-refractivity contribution in [2.24, 2.45) is 17.8 Å². The summed E-state index contributed by atoms with van der Waals surface area (Å²) >= 11 is 0. The van der Waals surface area contributed by atoms with E-state index in [0.717, 1.165) is 24.7 Å². The second-order valence-electron chi connectivity index (χ2n) is 4.49. The lowest BCUT2D eigenvalue weighted by molar-refractivity contribution is -0.141. The van der Waals surface area contributed by atoms with E-state index in [1.807, 2.05) is 0 Å². The average Bonchev–Trinajstić information content (AvgIpc) is 2.73. The molecule has 0 saturated heterocycles. The van der Waals surface area contributed by atoms with Gasteiger partial charge in [0.1, 0.15) is 6.04 Å². The highest BCUT2D eigenvalue weighted by molar-refractivity contribution is 5.85. The molecule has 0 spiro atoms. The van der Waals surface area contributed by atoms with Crippen molar-refractivity contribution in [2.75, 3.05) is 0 Å². The number of carbonyl (C=O) groups excluding carboxylic acids is 1. The monoisotopic (exact) mass is 197 g/mol. The molecule has 0 aromatic heterocycles. The number of rotatable bonds is 3. The SMILES string of the molecule is CC(NC(=O)C1CC2CC2C1)C(=O)O. The molecule has 2 N–H and O–H groups in total. The molecule has 3 atom stereocenters. The van der Waals surface area contributed by atoms with Gasteiger partial charge in [0.25, 0.3) is 0 Å². The van der Waals surface area contributed by atoms with Crippen LogP contribution in [0.3, 0.4) is 0 Å². The number of amides is 1. The van der Waals surface area contributed by atoms with E-state index in [0.29, 0.717) is 0 Å². The fraction of sp³-hybridized carbons (Fsp3) is 0.800. The van der Waals surface area contributed by atoms with Crippen molar-refractivity contribution >= 4 is 11.9 Å². The molecule has 2 rings (SSSR count). The molecular weight excluding hydrogens is 182 g/mol. The van der Waals surface area contributed by atoms with Gasteiger partial charge in [-0.1, -0.05) is 0 Å². The minimum absolute atomic E-state index is 0.0700. The van der Waals surface area contributed by atoms with Crippen LogP contribution in [0.2, 0.25) is 0 Å². The van der Waals surface area contributed by atoms with Crippen LogP contribution in [0.25, 0.3) is 0 Å². The number of nitrogens with one attached hydrogen (secondary N) is 1. The topological polar surface area (TPSA) is 66.4 Å². The maximum absolute atomic E-state index is 11.6. The standard InChI is InChI=1S/C10H15NO3/c1-5(10(13)14)11-9(12)8-3-6-2-7(6)4-8/h5-8H,2-4H2,1H3,(H,11,12)(H,13,14). The van der Waals surface area contributed by atoms with Crippen LogP contribution < -0.4 is 5.32 Å². The number of hydrogen-bond donors (Lipinski definition) is 2. The molecule has 3 unspecified atom stereocenters. The first-order chi connectivity index (χ1) is 6.58. The van der Waals surface area contributed by atoms with Crippen LogP contribution in [0, 0.1) is 17.8 Å². The van der Waals surface area contributed by atoms with Gasteiger partial charge in [0.15, 0.2) is 0 Å². The Bertz CT molecular complexity index is 267. The molecule has 0 heterocycles.